The van der Waals surface area contributed by atoms with Crippen molar-refractivity contribution in [1.29, 1.82) is 0 Å². The lowest BCUT2D eigenvalue weighted by molar-refractivity contribution is -0.290. The predicted octanol–water partition coefficient (Wildman–Crippen LogP) is -0.564. The van der Waals surface area contributed by atoms with Crippen molar-refractivity contribution in [3.63, 3.8) is 0 Å². The second kappa shape index (κ2) is 10.5. The van der Waals surface area contributed by atoms with Gasteiger partial charge in [0.25, 0.3) is 0 Å². The zero-order valence-corrected chi connectivity index (χ0v) is 17.8. The maximum absolute atomic E-state index is 12.2. The minimum absolute atomic E-state index is 0.328. The van der Waals surface area contributed by atoms with E-state index >= 15 is 0 Å². The fourth-order valence-electron chi connectivity index (χ4n) is 3.08. The smallest absolute Gasteiger partial charge is 0.338 e. The molecule has 1 fully saturated rings. The summed E-state index contributed by atoms with van der Waals surface area (Å²) in [6.07, 6.45) is -6.51. The van der Waals surface area contributed by atoms with E-state index < -0.39 is 72.2 Å². The van der Waals surface area contributed by atoms with Crippen LogP contribution in [0, 0.1) is 0 Å². The van der Waals surface area contributed by atoms with Gasteiger partial charge in [-0.1, -0.05) is 6.07 Å². The number of hydrogen-bond acceptors (Lipinski definition) is 13. The third kappa shape index (κ3) is 5.91. The Labute approximate surface area is 196 Å². The highest BCUT2D eigenvalue weighted by atomic mass is 16.7. The fraction of sp³-hybridized carbons (Fsp3) is 0.273. The number of carbonyl (C=O) groups excluding carboxylic acids is 2. The van der Waals surface area contributed by atoms with Gasteiger partial charge in [0.1, 0.15) is 31.0 Å². The van der Waals surface area contributed by atoms with E-state index in [1.165, 1.54) is 24.3 Å². The molecule has 0 amide bonds. The van der Waals surface area contributed by atoms with Crippen LogP contribution in [0.25, 0.3) is 6.08 Å². The van der Waals surface area contributed by atoms with Gasteiger partial charge in [-0.2, -0.15) is 0 Å². The Balaban J connectivity index is 1.63. The average Bonchev–Trinajstić information content (AvgIpc) is 2.82. The van der Waals surface area contributed by atoms with Crippen LogP contribution < -0.4 is 0 Å². The minimum atomic E-state index is -1.85. The standard InChI is InChI=1S/C22H22O13/c23-11-3-1-9(5-12(11)24)2-4-16(27)35-22-20(31)19(30)18(29)15(34-22)8-33-21(32)10-6-13(25)17(28)14(26)7-10/h1-7,15,18-20,22-26,28-31H,8H2/t15-,18-,19+,20-,22+/m1/s1. The maximum Gasteiger partial charge on any atom is 0.338 e. The molecule has 0 aliphatic carbocycles. The summed E-state index contributed by atoms with van der Waals surface area (Å²) in [5, 5.41) is 77.4. The number of esters is 2. The van der Waals surface area contributed by atoms with E-state index in [2.05, 4.69) is 0 Å². The third-order valence-corrected chi connectivity index (χ3v) is 5.00. The van der Waals surface area contributed by atoms with Crippen LogP contribution in [0.2, 0.25) is 0 Å². The summed E-state index contributed by atoms with van der Waals surface area (Å²) >= 11 is 0. The van der Waals surface area contributed by atoms with Gasteiger partial charge in [-0.25, -0.2) is 9.59 Å². The van der Waals surface area contributed by atoms with Crippen molar-refractivity contribution in [2.45, 2.75) is 30.7 Å². The molecule has 35 heavy (non-hydrogen) atoms. The van der Waals surface area contributed by atoms with E-state index in [-0.39, 0.29) is 11.3 Å². The number of aliphatic hydroxyl groups excluding tert-OH is 3. The van der Waals surface area contributed by atoms with Gasteiger partial charge in [-0.3, -0.25) is 0 Å². The Hall–Kier alpha value is -4.04. The molecule has 2 aromatic rings. The van der Waals surface area contributed by atoms with Gasteiger partial charge in [-0.15, -0.1) is 0 Å². The van der Waals surface area contributed by atoms with Crippen LogP contribution >= 0.6 is 0 Å². The molecule has 1 aliphatic heterocycles. The van der Waals surface area contributed by atoms with Gasteiger partial charge in [0.05, 0.1) is 5.56 Å². The largest absolute Gasteiger partial charge is 0.504 e. The molecular formula is C22H22O13. The molecule has 8 N–H and O–H groups in total. The maximum atomic E-state index is 12.2. The van der Waals surface area contributed by atoms with Crippen LogP contribution in [0.15, 0.2) is 36.4 Å². The van der Waals surface area contributed by atoms with Crippen molar-refractivity contribution in [1.82, 2.24) is 0 Å². The van der Waals surface area contributed by atoms with Crippen LogP contribution in [0.5, 0.6) is 28.7 Å². The highest BCUT2D eigenvalue weighted by Gasteiger charge is 2.46. The molecule has 0 saturated carbocycles. The summed E-state index contributed by atoms with van der Waals surface area (Å²) in [5.74, 6) is -5.32. The summed E-state index contributed by atoms with van der Waals surface area (Å²) in [7, 11) is 0. The quantitative estimate of drug-likeness (QED) is 0.143. The minimum Gasteiger partial charge on any atom is -0.504 e. The monoisotopic (exact) mass is 494 g/mol. The Kier molecular flexibility index (Phi) is 7.66. The lowest BCUT2D eigenvalue weighted by Gasteiger charge is -2.39. The van der Waals surface area contributed by atoms with Gasteiger partial charge in [0.2, 0.25) is 6.29 Å². The molecule has 188 valence electrons. The molecule has 0 radical (unpaired) electrons. The van der Waals surface area contributed by atoms with Crippen molar-refractivity contribution in [2.75, 3.05) is 6.61 Å². The van der Waals surface area contributed by atoms with Gasteiger partial charge in [0, 0.05) is 6.08 Å². The Morgan fingerprint density at radius 2 is 1.51 bits per heavy atom. The van der Waals surface area contributed by atoms with Crippen molar-refractivity contribution in [3.8, 4) is 28.7 Å². The molecule has 0 aromatic heterocycles. The van der Waals surface area contributed by atoms with Crippen LogP contribution in [0.3, 0.4) is 0 Å². The van der Waals surface area contributed by atoms with Crippen LogP contribution in [0.4, 0.5) is 0 Å². The molecular weight excluding hydrogens is 472 g/mol. The van der Waals surface area contributed by atoms with Gasteiger partial charge >= 0.3 is 11.9 Å². The molecule has 1 aliphatic rings. The predicted molar refractivity (Wildman–Crippen MR) is 113 cm³/mol. The lowest BCUT2D eigenvalue weighted by atomic mass is 9.99. The highest BCUT2D eigenvalue weighted by Crippen LogP contribution is 2.35. The summed E-state index contributed by atoms with van der Waals surface area (Å²) < 4.78 is 15.1. The van der Waals surface area contributed by atoms with Crippen molar-refractivity contribution in [2.24, 2.45) is 0 Å². The van der Waals surface area contributed by atoms with Crippen LogP contribution in [-0.2, 0) is 19.0 Å². The average molecular weight is 494 g/mol. The van der Waals surface area contributed by atoms with Crippen LogP contribution in [0.1, 0.15) is 15.9 Å². The number of carbonyl (C=O) groups is 2. The first-order chi connectivity index (χ1) is 16.5. The first kappa shape index (κ1) is 25.6. The molecule has 5 atom stereocenters. The molecule has 13 heteroatoms. The van der Waals surface area contributed by atoms with E-state index in [0.717, 1.165) is 18.2 Å². The van der Waals surface area contributed by atoms with Crippen molar-refractivity contribution < 1.29 is 64.7 Å². The number of rotatable bonds is 6. The Bertz CT molecular complexity index is 1110. The fourth-order valence-corrected chi connectivity index (χ4v) is 3.08. The van der Waals surface area contributed by atoms with Crippen molar-refractivity contribution in [3.05, 3.63) is 47.5 Å². The van der Waals surface area contributed by atoms with E-state index in [9.17, 15) is 50.4 Å². The molecule has 1 saturated heterocycles. The number of hydrogen-bond donors (Lipinski definition) is 8. The molecule has 3 rings (SSSR count). The number of benzene rings is 2. The number of ether oxygens (including phenoxy) is 3. The Morgan fingerprint density at radius 3 is 2.14 bits per heavy atom. The first-order valence-electron chi connectivity index (χ1n) is 10.00. The second-order valence-electron chi connectivity index (χ2n) is 7.49. The summed E-state index contributed by atoms with van der Waals surface area (Å²) in [6.45, 7) is -0.692. The number of phenols is 5. The highest BCUT2D eigenvalue weighted by molar-refractivity contribution is 5.91. The van der Waals surface area contributed by atoms with Gasteiger partial charge < -0.3 is 55.1 Å². The number of aromatic hydroxyl groups is 5. The number of phenolic OH excluding ortho intramolecular Hbond substituents is 5. The second-order valence-corrected chi connectivity index (χ2v) is 7.49. The van der Waals surface area contributed by atoms with E-state index in [1.54, 1.807) is 0 Å². The van der Waals surface area contributed by atoms with Crippen LogP contribution in [-0.4, -0.2) is 90.1 Å². The SMILES string of the molecule is O=C(C=Cc1ccc(O)c(O)c1)O[C@@H]1O[C@H](COC(=O)c2cc(O)c(O)c(O)c2)[C@@H](O)[C@H](O)[C@H]1O. The topological polar surface area (TPSA) is 224 Å². The van der Waals surface area contributed by atoms with E-state index in [4.69, 9.17) is 14.2 Å². The van der Waals surface area contributed by atoms with Gasteiger partial charge in [0.15, 0.2) is 28.7 Å². The third-order valence-electron chi connectivity index (χ3n) is 5.00. The zero-order chi connectivity index (χ0) is 25.9. The molecule has 0 unspecified atom stereocenters. The van der Waals surface area contributed by atoms with E-state index in [1.807, 2.05) is 0 Å². The lowest BCUT2D eigenvalue weighted by Crippen LogP contribution is -2.59. The zero-order valence-electron chi connectivity index (χ0n) is 17.8. The molecule has 0 spiro atoms. The molecule has 2 aromatic carbocycles. The summed E-state index contributed by atoms with van der Waals surface area (Å²) in [4.78, 5) is 24.3. The van der Waals surface area contributed by atoms with E-state index in [0.29, 0.717) is 5.56 Å². The van der Waals surface area contributed by atoms with Crippen molar-refractivity contribution >= 4 is 18.0 Å². The van der Waals surface area contributed by atoms with Gasteiger partial charge in [-0.05, 0) is 35.9 Å². The molecule has 0 bridgehead atoms. The molecule has 1 heterocycles. The Morgan fingerprint density at radius 1 is 0.857 bits per heavy atom. The first-order valence-corrected chi connectivity index (χ1v) is 10.00. The normalized spacial score (nSPS) is 24.3. The molecule has 13 nitrogen and oxygen atoms in total. The summed E-state index contributed by atoms with van der Waals surface area (Å²) in [6, 6.07) is 5.39. The summed E-state index contributed by atoms with van der Waals surface area (Å²) in [5.41, 5.74) is -0.0222. The number of aliphatic hydroxyl groups is 3.